The average Bonchev–Trinajstić information content (AvgIpc) is 2.93. The van der Waals surface area contributed by atoms with Crippen molar-refractivity contribution in [3.8, 4) is 0 Å². The number of hydrogen-bond acceptors (Lipinski definition) is 2. The predicted molar refractivity (Wildman–Crippen MR) is 65.8 cm³/mol. The fourth-order valence-corrected chi connectivity index (χ4v) is 3.12. The van der Waals surface area contributed by atoms with Crippen LogP contribution in [0.3, 0.4) is 0 Å². The van der Waals surface area contributed by atoms with Crippen molar-refractivity contribution in [3.63, 3.8) is 0 Å². The number of hydrogen-bond donors (Lipinski definition) is 1. The molecule has 2 bridgehead atoms. The lowest BCUT2D eigenvalue weighted by molar-refractivity contribution is 0.0703. The molecule has 0 spiro atoms. The lowest BCUT2D eigenvalue weighted by Crippen LogP contribution is -2.37. The van der Waals surface area contributed by atoms with Gasteiger partial charge in [0, 0.05) is 23.0 Å². The highest BCUT2D eigenvalue weighted by atomic mass is 32.1. The molecule has 3 rings (SSSR count). The highest BCUT2D eigenvalue weighted by Crippen LogP contribution is 2.38. The minimum Gasteiger partial charge on any atom is -0.335 e. The van der Waals surface area contributed by atoms with Gasteiger partial charge in [-0.1, -0.05) is 0 Å². The Kier molecular flexibility index (Phi) is 2.62. The molecule has 4 heteroatoms. The van der Waals surface area contributed by atoms with Crippen LogP contribution >= 0.6 is 12.6 Å². The Morgan fingerprint density at radius 2 is 2.24 bits per heavy atom. The Morgan fingerprint density at radius 3 is 2.82 bits per heavy atom. The van der Waals surface area contributed by atoms with Gasteiger partial charge in [0.25, 0.3) is 5.91 Å². The quantitative estimate of drug-likeness (QED) is 0.761. The zero-order valence-corrected chi connectivity index (χ0v) is 10.3. The van der Waals surface area contributed by atoms with Crippen molar-refractivity contribution in [1.29, 1.82) is 0 Å². The first-order chi connectivity index (χ1) is 8.15. The molecule has 0 aromatic heterocycles. The highest BCUT2D eigenvalue weighted by Gasteiger charge is 2.40. The van der Waals surface area contributed by atoms with Crippen LogP contribution < -0.4 is 0 Å². The van der Waals surface area contributed by atoms with Crippen molar-refractivity contribution >= 4 is 18.5 Å². The summed E-state index contributed by atoms with van der Waals surface area (Å²) in [7, 11) is 0. The van der Waals surface area contributed by atoms with Crippen molar-refractivity contribution in [1.82, 2.24) is 4.90 Å². The summed E-state index contributed by atoms with van der Waals surface area (Å²) in [6.45, 7) is 0.841. The lowest BCUT2D eigenvalue weighted by atomic mass is 10.1. The van der Waals surface area contributed by atoms with Gasteiger partial charge < -0.3 is 4.90 Å². The highest BCUT2D eigenvalue weighted by molar-refractivity contribution is 7.80. The molecule has 1 amide bonds. The molecule has 0 N–H and O–H groups in total. The molecule has 1 aromatic carbocycles. The first-order valence-corrected chi connectivity index (χ1v) is 6.39. The summed E-state index contributed by atoms with van der Waals surface area (Å²) in [5.74, 6) is 0.200. The third kappa shape index (κ3) is 1.84. The minimum atomic E-state index is -0.427. The molecular weight excluding hydrogens is 237 g/mol. The van der Waals surface area contributed by atoms with E-state index in [2.05, 4.69) is 12.6 Å². The second kappa shape index (κ2) is 4.02. The summed E-state index contributed by atoms with van der Waals surface area (Å²) in [5.41, 5.74) is 0.438. The van der Waals surface area contributed by atoms with Gasteiger partial charge in [0.2, 0.25) is 0 Å². The topological polar surface area (TPSA) is 20.3 Å². The van der Waals surface area contributed by atoms with Crippen LogP contribution in [-0.4, -0.2) is 23.4 Å². The van der Waals surface area contributed by atoms with E-state index in [1.165, 1.54) is 12.5 Å². The molecule has 1 saturated heterocycles. The van der Waals surface area contributed by atoms with Gasteiger partial charge in [-0.15, -0.1) is 12.6 Å². The molecule has 2 aliphatic rings. The Hall–Kier alpha value is -1.03. The van der Waals surface area contributed by atoms with Gasteiger partial charge in [-0.2, -0.15) is 0 Å². The number of rotatable bonds is 1. The van der Waals surface area contributed by atoms with Gasteiger partial charge in [0.15, 0.2) is 0 Å². The number of amides is 1. The van der Waals surface area contributed by atoms with Gasteiger partial charge in [-0.05, 0) is 43.4 Å². The fraction of sp³-hybridized carbons (Fsp3) is 0.462. The number of nitrogens with zero attached hydrogens (tertiary/aromatic N) is 1. The lowest BCUT2D eigenvalue weighted by Gasteiger charge is -2.27. The Labute approximate surface area is 105 Å². The van der Waals surface area contributed by atoms with Crippen LogP contribution in [0.25, 0.3) is 0 Å². The second-order valence-electron chi connectivity index (χ2n) is 4.96. The second-order valence-corrected chi connectivity index (χ2v) is 5.44. The number of likely N-dealkylation sites (tertiary alicyclic amines) is 1. The average molecular weight is 251 g/mol. The summed E-state index contributed by atoms with van der Waals surface area (Å²) in [5, 5.41) is 0. The summed E-state index contributed by atoms with van der Waals surface area (Å²) in [6, 6.07) is 4.86. The van der Waals surface area contributed by atoms with Crippen molar-refractivity contribution < 1.29 is 9.18 Å². The Balaban J connectivity index is 1.84. The van der Waals surface area contributed by atoms with Crippen molar-refractivity contribution in [2.45, 2.75) is 30.2 Å². The molecule has 90 valence electrons. The molecule has 2 nitrogen and oxygen atoms in total. The van der Waals surface area contributed by atoms with Gasteiger partial charge >= 0.3 is 0 Å². The number of fused-ring (bicyclic) bond motifs is 2. The van der Waals surface area contributed by atoms with E-state index in [-0.39, 0.29) is 10.8 Å². The number of thiol groups is 1. The van der Waals surface area contributed by atoms with E-state index in [1.807, 2.05) is 4.90 Å². The largest absolute Gasteiger partial charge is 0.335 e. The minimum absolute atomic E-state index is 0.0376. The maximum atomic E-state index is 13.4. The number of halogens is 1. The van der Waals surface area contributed by atoms with E-state index in [0.717, 1.165) is 19.4 Å². The van der Waals surface area contributed by atoms with Crippen LogP contribution in [0.2, 0.25) is 0 Å². The van der Waals surface area contributed by atoms with Gasteiger partial charge in [-0.25, -0.2) is 4.39 Å². The maximum Gasteiger partial charge on any atom is 0.254 e. The number of benzene rings is 1. The van der Waals surface area contributed by atoms with E-state index in [4.69, 9.17) is 0 Å². The van der Waals surface area contributed by atoms with Crippen LogP contribution in [0.1, 0.15) is 29.6 Å². The standard InChI is InChI=1S/C13H14FNOS/c14-11-6-9(2-4-12(11)17)13(16)15-7-8-1-3-10(15)5-8/h2,4,6,8,10,17H,1,3,5,7H2. The predicted octanol–water partition coefficient (Wildman–Crippen LogP) is 2.74. The molecule has 17 heavy (non-hydrogen) atoms. The van der Waals surface area contributed by atoms with Gasteiger partial charge in [0.05, 0.1) is 0 Å². The van der Waals surface area contributed by atoms with E-state index in [1.54, 1.807) is 12.1 Å². The maximum absolute atomic E-state index is 13.4. The number of carbonyl (C=O) groups excluding carboxylic acids is 1. The van der Waals surface area contributed by atoms with Crippen LogP contribution in [0.5, 0.6) is 0 Å². The first kappa shape index (κ1) is 11.1. The SMILES string of the molecule is O=C(c1ccc(S)c(F)c1)N1CC2CCC1C2. The zero-order chi connectivity index (χ0) is 12.0. The van der Waals surface area contributed by atoms with Crippen LogP contribution in [-0.2, 0) is 0 Å². The molecule has 1 aromatic rings. The molecule has 2 unspecified atom stereocenters. The molecule has 2 atom stereocenters. The van der Waals surface area contributed by atoms with Crippen molar-refractivity contribution in [2.24, 2.45) is 5.92 Å². The molecule has 1 aliphatic heterocycles. The van der Waals surface area contributed by atoms with Crippen molar-refractivity contribution in [2.75, 3.05) is 6.54 Å². The zero-order valence-electron chi connectivity index (χ0n) is 9.40. The fourth-order valence-electron chi connectivity index (χ4n) is 2.98. The van der Waals surface area contributed by atoms with Gasteiger partial charge in [0.1, 0.15) is 5.82 Å². The summed E-state index contributed by atoms with van der Waals surface area (Å²) >= 11 is 3.97. The molecular formula is C13H14FNOS. The number of piperidine rings is 1. The molecule has 1 heterocycles. The molecule has 2 fully saturated rings. The Morgan fingerprint density at radius 1 is 1.41 bits per heavy atom. The molecule has 0 radical (unpaired) electrons. The monoisotopic (exact) mass is 251 g/mol. The normalized spacial score (nSPS) is 26.6. The summed E-state index contributed by atoms with van der Waals surface area (Å²) < 4.78 is 13.4. The van der Waals surface area contributed by atoms with E-state index in [0.29, 0.717) is 17.5 Å². The van der Waals surface area contributed by atoms with Gasteiger partial charge in [-0.3, -0.25) is 4.79 Å². The smallest absolute Gasteiger partial charge is 0.254 e. The van der Waals surface area contributed by atoms with E-state index in [9.17, 15) is 9.18 Å². The van der Waals surface area contributed by atoms with Crippen LogP contribution in [0, 0.1) is 11.7 Å². The Bertz CT molecular complexity index is 476. The molecule has 1 saturated carbocycles. The van der Waals surface area contributed by atoms with Crippen molar-refractivity contribution in [3.05, 3.63) is 29.6 Å². The van der Waals surface area contributed by atoms with Crippen LogP contribution in [0.15, 0.2) is 23.1 Å². The van der Waals surface area contributed by atoms with E-state index < -0.39 is 5.82 Å². The third-order valence-corrected chi connectivity index (χ3v) is 4.23. The summed E-state index contributed by atoms with van der Waals surface area (Å²) in [6.07, 6.45) is 3.46. The third-order valence-electron chi connectivity index (χ3n) is 3.86. The molecule has 1 aliphatic carbocycles. The van der Waals surface area contributed by atoms with Crippen LogP contribution in [0.4, 0.5) is 4.39 Å². The summed E-state index contributed by atoms with van der Waals surface area (Å²) in [4.78, 5) is 14.4. The number of carbonyl (C=O) groups is 1. The van der Waals surface area contributed by atoms with E-state index >= 15 is 0 Å². The first-order valence-electron chi connectivity index (χ1n) is 5.94.